The summed E-state index contributed by atoms with van der Waals surface area (Å²) >= 11 is 12.3. The minimum atomic E-state index is -0.719. The predicted molar refractivity (Wildman–Crippen MR) is 109 cm³/mol. The summed E-state index contributed by atoms with van der Waals surface area (Å²) in [6.45, 7) is 4.04. The molecule has 0 aromatic heterocycles. The van der Waals surface area contributed by atoms with Crippen LogP contribution in [0.15, 0.2) is 59.8 Å². The van der Waals surface area contributed by atoms with E-state index in [1.807, 2.05) is 30.3 Å². The Kier molecular flexibility index (Phi) is 6.27. The maximum atomic E-state index is 12.9. The van der Waals surface area contributed by atoms with Gasteiger partial charge in [0.15, 0.2) is 0 Å². The van der Waals surface area contributed by atoms with Gasteiger partial charge in [0.2, 0.25) is 0 Å². The Hall–Kier alpha value is -2.50. The van der Waals surface area contributed by atoms with Gasteiger partial charge in [0.1, 0.15) is 0 Å². The number of esters is 1. The van der Waals surface area contributed by atoms with E-state index in [1.165, 1.54) is 4.90 Å². The van der Waals surface area contributed by atoms with Crippen LogP contribution in [0.1, 0.15) is 31.0 Å². The Morgan fingerprint density at radius 2 is 1.89 bits per heavy atom. The van der Waals surface area contributed by atoms with Gasteiger partial charge in [-0.05, 0) is 37.1 Å². The Morgan fingerprint density at radius 3 is 2.54 bits per heavy atom. The zero-order valence-corrected chi connectivity index (χ0v) is 17.1. The molecular formula is C21H20Cl2N2O3. The number of carbonyl (C=O) groups excluding carboxylic acids is 2. The lowest BCUT2D eigenvalue weighted by Crippen LogP contribution is -2.47. The number of ether oxygens (including phenoxy) is 1. The second-order valence-corrected chi connectivity index (χ2v) is 7.18. The average Bonchev–Trinajstić information content (AvgIpc) is 2.66. The monoisotopic (exact) mass is 418 g/mol. The van der Waals surface area contributed by atoms with Gasteiger partial charge in [-0.3, -0.25) is 4.90 Å². The maximum absolute atomic E-state index is 12.9. The summed E-state index contributed by atoms with van der Waals surface area (Å²) < 4.78 is 5.26. The molecule has 0 bridgehead atoms. The van der Waals surface area contributed by atoms with Crippen LogP contribution >= 0.6 is 23.2 Å². The molecule has 0 spiro atoms. The number of hydrogen-bond donors (Lipinski definition) is 1. The van der Waals surface area contributed by atoms with Crippen molar-refractivity contribution in [3.8, 4) is 0 Å². The molecule has 28 heavy (non-hydrogen) atoms. The first-order valence-electron chi connectivity index (χ1n) is 8.87. The molecule has 1 atom stereocenters. The molecule has 1 aliphatic heterocycles. The maximum Gasteiger partial charge on any atom is 0.338 e. The quantitative estimate of drug-likeness (QED) is 0.687. The van der Waals surface area contributed by atoms with Gasteiger partial charge in [0.05, 0.1) is 24.8 Å². The standard InChI is InChI=1S/C21H20Cl2N2O3/c1-3-28-20(26)18-13(2)25(12-14-7-5-4-6-8-14)21(27)24-19(18)16-10-9-15(22)11-17(16)23/h4-11,19H,3,12H2,1-2H3,(H,24,27). The zero-order valence-electron chi connectivity index (χ0n) is 15.5. The fraction of sp³-hybridized carbons (Fsp3) is 0.238. The fourth-order valence-electron chi connectivity index (χ4n) is 3.18. The first-order chi connectivity index (χ1) is 13.4. The van der Waals surface area contributed by atoms with E-state index in [2.05, 4.69) is 5.32 Å². The Balaban J connectivity index is 2.06. The largest absolute Gasteiger partial charge is 0.463 e. The van der Waals surface area contributed by atoms with Gasteiger partial charge < -0.3 is 10.1 Å². The summed E-state index contributed by atoms with van der Waals surface area (Å²) in [4.78, 5) is 27.1. The topological polar surface area (TPSA) is 58.6 Å². The zero-order chi connectivity index (χ0) is 20.3. The molecule has 1 heterocycles. The third-order valence-electron chi connectivity index (χ3n) is 4.55. The van der Waals surface area contributed by atoms with E-state index in [1.54, 1.807) is 32.0 Å². The summed E-state index contributed by atoms with van der Waals surface area (Å²) in [7, 11) is 0. The molecule has 2 aromatic carbocycles. The fourth-order valence-corrected chi connectivity index (χ4v) is 3.70. The van der Waals surface area contributed by atoms with Crippen LogP contribution in [0.5, 0.6) is 0 Å². The van der Waals surface area contributed by atoms with Crippen LogP contribution in [0, 0.1) is 0 Å². The molecule has 1 aliphatic rings. The number of hydrogen-bond acceptors (Lipinski definition) is 3. The van der Waals surface area contributed by atoms with Crippen LogP contribution in [0.3, 0.4) is 0 Å². The van der Waals surface area contributed by atoms with E-state index in [-0.39, 0.29) is 12.6 Å². The molecular weight excluding hydrogens is 399 g/mol. The molecule has 0 saturated carbocycles. The molecule has 2 aromatic rings. The molecule has 0 saturated heterocycles. The predicted octanol–water partition coefficient (Wildman–Crippen LogP) is 5.10. The number of allylic oxidation sites excluding steroid dienone is 1. The highest BCUT2D eigenvalue weighted by molar-refractivity contribution is 6.35. The Morgan fingerprint density at radius 1 is 1.18 bits per heavy atom. The number of carbonyl (C=O) groups is 2. The van der Waals surface area contributed by atoms with Gasteiger partial charge in [0, 0.05) is 15.7 Å². The van der Waals surface area contributed by atoms with Gasteiger partial charge in [-0.1, -0.05) is 59.6 Å². The third kappa shape index (κ3) is 4.16. The van der Waals surface area contributed by atoms with Crippen LogP contribution in [0.25, 0.3) is 0 Å². The summed E-state index contributed by atoms with van der Waals surface area (Å²) in [5, 5.41) is 3.72. The number of rotatable bonds is 5. The molecule has 146 valence electrons. The van der Waals surface area contributed by atoms with Crippen LogP contribution in [-0.4, -0.2) is 23.5 Å². The highest BCUT2D eigenvalue weighted by atomic mass is 35.5. The molecule has 0 radical (unpaired) electrons. The molecule has 1 N–H and O–H groups in total. The number of amides is 2. The van der Waals surface area contributed by atoms with Crippen molar-refractivity contribution in [1.29, 1.82) is 0 Å². The van der Waals surface area contributed by atoms with Gasteiger partial charge in [0.25, 0.3) is 0 Å². The lowest BCUT2D eigenvalue weighted by Gasteiger charge is -2.35. The molecule has 5 nitrogen and oxygen atoms in total. The average molecular weight is 419 g/mol. The lowest BCUT2D eigenvalue weighted by molar-refractivity contribution is -0.139. The van der Waals surface area contributed by atoms with Crippen LogP contribution < -0.4 is 5.32 Å². The van der Waals surface area contributed by atoms with Crippen molar-refractivity contribution in [1.82, 2.24) is 10.2 Å². The van der Waals surface area contributed by atoms with E-state index in [0.29, 0.717) is 33.4 Å². The minimum Gasteiger partial charge on any atom is -0.463 e. The van der Waals surface area contributed by atoms with Crippen molar-refractivity contribution < 1.29 is 14.3 Å². The number of nitrogens with one attached hydrogen (secondary N) is 1. The van der Waals surface area contributed by atoms with E-state index >= 15 is 0 Å². The highest BCUT2D eigenvalue weighted by Gasteiger charge is 2.37. The first kappa shape index (κ1) is 20.2. The normalized spacial score (nSPS) is 16.8. The van der Waals surface area contributed by atoms with Crippen molar-refractivity contribution in [3.05, 3.63) is 81.0 Å². The SMILES string of the molecule is CCOC(=O)C1=C(C)N(Cc2ccccc2)C(=O)NC1c1ccc(Cl)cc1Cl. The first-order valence-corrected chi connectivity index (χ1v) is 9.62. The van der Waals surface area contributed by atoms with Crippen LogP contribution in [0.4, 0.5) is 4.79 Å². The molecule has 7 heteroatoms. The van der Waals surface area contributed by atoms with Crippen molar-refractivity contribution in [3.63, 3.8) is 0 Å². The van der Waals surface area contributed by atoms with E-state index in [0.717, 1.165) is 5.56 Å². The smallest absolute Gasteiger partial charge is 0.338 e. The second-order valence-electron chi connectivity index (χ2n) is 6.34. The number of halogens is 2. The van der Waals surface area contributed by atoms with Crippen LogP contribution in [-0.2, 0) is 16.1 Å². The number of benzene rings is 2. The van der Waals surface area contributed by atoms with Gasteiger partial charge in [-0.25, -0.2) is 9.59 Å². The summed E-state index contributed by atoms with van der Waals surface area (Å²) in [6.07, 6.45) is 0. The second kappa shape index (κ2) is 8.67. The van der Waals surface area contributed by atoms with Gasteiger partial charge in [-0.15, -0.1) is 0 Å². The molecule has 1 unspecified atom stereocenters. The van der Waals surface area contributed by atoms with Gasteiger partial charge >= 0.3 is 12.0 Å². The van der Waals surface area contributed by atoms with Crippen LogP contribution in [0.2, 0.25) is 10.0 Å². The summed E-state index contributed by atoms with van der Waals surface area (Å²) in [5.74, 6) is -0.492. The Labute approximate surface area is 173 Å². The molecule has 0 fully saturated rings. The van der Waals surface area contributed by atoms with Crippen molar-refractivity contribution in [2.24, 2.45) is 0 Å². The van der Waals surface area contributed by atoms with E-state index in [9.17, 15) is 9.59 Å². The Bertz CT molecular complexity index is 929. The van der Waals surface area contributed by atoms with Crippen molar-refractivity contribution >= 4 is 35.2 Å². The summed E-state index contributed by atoms with van der Waals surface area (Å²) in [6, 6.07) is 13.5. The summed E-state index contributed by atoms with van der Waals surface area (Å²) in [5.41, 5.74) is 2.41. The molecule has 0 aliphatic carbocycles. The number of nitrogens with zero attached hydrogens (tertiary/aromatic N) is 1. The number of urea groups is 1. The van der Waals surface area contributed by atoms with Gasteiger partial charge in [-0.2, -0.15) is 0 Å². The molecule has 3 rings (SSSR count). The minimum absolute atomic E-state index is 0.226. The third-order valence-corrected chi connectivity index (χ3v) is 5.11. The highest BCUT2D eigenvalue weighted by Crippen LogP contribution is 2.36. The van der Waals surface area contributed by atoms with Crippen molar-refractivity contribution in [2.45, 2.75) is 26.4 Å². The van der Waals surface area contributed by atoms with Crippen molar-refractivity contribution in [2.75, 3.05) is 6.61 Å². The molecule has 2 amide bonds. The lowest BCUT2D eigenvalue weighted by atomic mass is 9.94. The van der Waals surface area contributed by atoms with E-state index < -0.39 is 12.0 Å². The van der Waals surface area contributed by atoms with E-state index in [4.69, 9.17) is 27.9 Å².